The average molecular weight is 303 g/mol. The summed E-state index contributed by atoms with van der Waals surface area (Å²) in [5.74, 6) is 2.43. The van der Waals surface area contributed by atoms with Crippen molar-refractivity contribution in [3.63, 3.8) is 0 Å². The number of benzene rings is 1. The van der Waals surface area contributed by atoms with Crippen LogP contribution in [-0.2, 0) is 11.2 Å². The van der Waals surface area contributed by atoms with E-state index in [1.165, 1.54) is 31.2 Å². The number of hydrogen-bond donors (Lipinski definition) is 1. The first-order chi connectivity index (χ1) is 10.6. The molecular formula is C19H29NO2. The van der Waals surface area contributed by atoms with Gasteiger partial charge >= 0.3 is 0 Å². The van der Waals surface area contributed by atoms with Gasteiger partial charge in [0.2, 0.25) is 5.91 Å². The SMILES string of the molecule is COc1cccc(CC(C)NC(=O)CC2CCCC(C)C2)c1. The van der Waals surface area contributed by atoms with Gasteiger partial charge in [-0.15, -0.1) is 0 Å². The lowest BCUT2D eigenvalue weighted by molar-refractivity contribution is -0.122. The van der Waals surface area contributed by atoms with Crippen LogP contribution in [0.5, 0.6) is 5.75 Å². The van der Waals surface area contributed by atoms with Crippen LogP contribution >= 0.6 is 0 Å². The van der Waals surface area contributed by atoms with Gasteiger partial charge in [0.05, 0.1) is 7.11 Å². The number of ether oxygens (including phenoxy) is 1. The summed E-state index contributed by atoms with van der Waals surface area (Å²) in [4.78, 5) is 12.2. The van der Waals surface area contributed by atoms with Crippen molar-refractivity contribution in [2.45, 2.75) is 58.4 Å². The van der Waals surface area contributed by atoms with Crippen molar-refractivity contribution in [3.8, 4) is 5.75 Å². The van der Waals surface area contributed by atoms with E-state index in [0.717, 1.165) is 18.1 Å². The van der Waals surface area contributed by atoms with E-state index < -0.39 is 0 Å². The number of carbonyl (C=O) groups excluding carboxylic acids is 1. The van der Waals surface area contributed by atoms with Crippen molar-refractivity contribution in [1.29, 1.82) is 0 Å². The number of nitrogens with one attached hydrogen (secondary N) is 1. The maximum absolute atomic E-state index is 12.2. The zero-order valence-corrected chi connectivity index (χ0v) is 14.1. The second-order valence-corrected chi connectivity index (χ2v) is 6.87. The van der Waals surface area contributed by atoms with Crippen LogP contribution in [0.2, 0.25) is 0 Å². The van der Waals surface area contributed by atoms with Gasteiger partial charge in [-0.2, -0.15) is 0 Å². The highest BCUT2D eigenvalue weighted by Gasteiger charge is 2.21. The Bertz CT molecular complexity index is 486. The number of carbonyl (C=O) groups is 1. The highest BCUT2D eigenvalue weighted by Crippen LogP contribution is 2.30. The minimum absolute atomic E-state index is 0.153. The Labute approximate surface area is 134 Å². The molecule has 3 atom stereocenters. The van der Waals surface area contributed by atoms with Gasteiger partial charge in [0.15, 0.2) is 0 Å². The third-order valence-corrected chi connectivity index (χ3v) is 4.60. The highest BCUT2D eigenvalue weighted by atomic mass is 16.5. The zero-order chi connectivity index (χ0) is 15.9. The van der Waals surface area contributed by atoms with Crippen molar-refractivity contribution >= 4 is 5.91 Å². The van der Waals surface area contributed by atoms with Crippen molar-refractivity contribution in [1.82, 2.24) is 5.32 Å². The number of amides is 1. The molecule has 1 amide bonds. The molecule has 1 aromatic carbocycles. The lowest BCUT2D eigenvalue weighted by Crippen LogP contribution is -2.35. The van der Waals surface area contributed by atoms with E-state index in [4.69, 9.17) is 4.74 Å². The summed E-state index contributed by atoms with van der Waals surface area (Å²) in [7, 11) is 1.68. The standard InChI is InChI=1S/C19H29NO2/c1-14-6-4-7-16(10-14)13-19(21)20-15(2)11-17-8-5-9-18(12-17)22-3/h5,8-9,12,14-16H,4,6-7,10-11,13H2,1-3H3,(H,20,21). The van der Waals surface area contributed by atoms with Gasteiger partial charge in [-0.1, -0.05) is 31.9 Å². The summed E-state index contributed by atoms with van der Waals surface area (Å²) in [5, 5.41) is 3.15. The largest absolute Gasteiger partial charge is 0.497 e. The Morgan fingerprint density at radius 3 is 2.95 bits per heavy atom. The van der Waals surface area contributed by atoms with E-state index in [-0.39, 0.29) is 11.9 Å². The molecule has 3 nitrogen and oxygen atoms in total. The molecule has 0 bridgehead atoms. The zero-order valence-electron chi connectivity index (χ0n) is 14.1. The fraction of sp³-hybridized carbons (Fsp3) is 0.632. The summed E-state index contributed by atoms with van der Waals surface area (Å²) >= 11 is 0. The molecule has 1 N–H and O–H groups in total. The van der Waals surface area contributed by atoms with Crippen molar-refractivity contribution in [3.05, 3.63) is 29.8 Å². The van der Waals surface area contributed by atoms with Gasteiger partial charge in [0.25, 0.3) is 0 Å². The second kappa shape index (κ2) is 8.21. The first-order valence-corrected chi connectivity index (χ1v) is 8.49. The van der Waals surface area contributed by atoms with Gasteiger partial charge in [0.1, 0.15) is 5.75 Å². The maximum Gasteiger partial charge on any atom is 0.220 e. The van der Waals surface area contributed by atoms with Crippen LogP contribution < -0.4 is 10.1 Å². The number of methoxy groups -OCH3 is 1. The minimum atomic E-state index is 0.153. The molecule has 0 spiro atoms. The predicted molar refractivity (Wildman–Crippen MR) is 90.0 cm³/mol. The van der Waals surface area contributed by atoms with Gasteiger partial charge in [-0.05, 0) is 55.7 Å². The Morgan fingerprint density at radius 1 is 1.41 bits per heavy atom. The fourth-order valence-corrected chi connectivity index (χ4v) is 3.55. The van der Waals surface area contributed by atoms with Gasteiger partial charge in [-0.3, -0.25) is 4.79 Å². The summed E-state index contributed by atoms with van der Waals surface area (Å²) in [5.41, 5.74) is 1.19. The van der Waals surface area contributed by atoms with Gasteiger partial charge in [0, 0.05) is 12.5 Å². The Kier molecular flexibility index (Phi) is 6.29. The molecule has 3 unspecified atom stereocenters. The smallest absolute Gasteiger partial charge is 0.220 e. The summed E-state index contributed by atoms with van der Waals surface area (Å²) in [6.07, 6.45) is 6.54. The van der Waals surface area contributed by atoms with Gasteiger partial charge < -0.3 is 10.1 Å². The molecule has 22 heavy (non-hydrogen) atoms. The molecule has 3 heteroatoms. The maximum atomic E-state index is 12.2. The average Bonchev–Trinajstić information content (AvgIpc) is 2.47. The normalized spacial score (nSPS) is 22.9. The van der Waals surface area contributed by atoms with Crippen LogP contribution in [-0.4, -0.2) is 19.1 Å². The van der Waals surface area contributed by atoms with Crippen LogP contribution in [0.3, 0.4) is 0 Å². The molecule has 0 saturated heterocycles. The molecule has 1 aromatic rings. The molecule has 2 rings (SSSR count). The van der Waals surface area contributed by atoms with Crippen LogP contribution in [0.15, 0.2) is 24.3 Å². The van der Waals surface area contributed by atoms with E-state index in [0.29, 0.717) is 12.3 Å². The molecule has 1 saturated carbocycles. The van der Waals surface area contributed by atoms with E-state index >= 15 is 0 Å². The van der Waals surface area contributed by atoms with Crippen LogP contribution in [0.1, 0.15) is 51.5 Å². The molecular weight excluding hydrogens is 274 g/mol. The van der Waals surface area contributed by atoms with Crippen LogP contribution in [0.25, 0.3) is 0 Å². The first-order valence-electron chi connectivity index (χ1n) is 8.49. The summed E-state index contributed by atoms with van der Waals surface area (Å²) in [6, 6.07) is 8.20. The molecule has 0 aliphatic heterocycles. The van der Waals surface area contributed by atoms with Crippen LogP contribution in [0.4, 0.5) is 0 Å². The number of rotatable bonds is 6. The summed E-state index contributed by atoms with van der Waals surface area (Å²) in [6.45, 7) is 4.37. The van der Waals surface area contributed by atoms with E-state index in [9.17, 15) is 4.79 Å². The van der Waals surface area contributed by atoms with E-state index in [1.807, 2.05) is 18.2 Å². The van der Waals surface area contributed by atoms with E-state index in [2.05, 4.69) is 25.2 Å². The molecule has 122 valence electrons. The molecule has 1 aliphatic rings. The van der Waals surface area contributed by atoms with Crippen molar-refractivity contribution < 1.29 is 9.53 Å². The predicted octanol–water partition coefficient (Wildman–Crippen LogP) is 3.96. The monoisotopic (exact) mass is 303 g/mol. The third-order valence-electron chi connectivity index (χ3n) is 4.60. The molecule has 1 aliphatic carbocycles. The topological polar surface area (TPSA) is 38.3 Å². The van der Waals surface area contributed by atoms with Crippen LogP contribution in [0, 0.1) is 11.8 Å². The summed E-state index contributed by atoms with van der Waals surface area (Å²) < 4.78 is 5.24. The first kappa shape index (κ1) is 16.9. The van der Waals surface area contributed by atoms with Gasteiger partial charge in [-0.25, -0.2) is 0 Å². The second-order valence-electron chi connectivity index (χ2n) is 6.87. The molecule has 0 heterocycles. The van der Waals surface area contributed by atoms with E-state index in [1.54, 1.807) is 7.11 Å². The highest BCUT2D eigenvalue weighted by molar-refractivity contribution is 5.76. The van der Waals surface area contributed by atoms with Crippen molar-refractivity contribution in [2.75, 3.05) is 7.11 Å². The fourth-order valence-electron chi connectivity index (χ4n) is 3.55. The number of hydrogen-bond acceptors (Lipinski definition) is 2. The lowest BCUT2D eigenvalue weighted by Gasteiger charge is -2.26. The molecule has 0 aromatic heterocycles. The Hall–Kier alpha value is -1.51. The molecule has 1 fully saturated rings. The minimum Gasteiger partial charge on any atom is -0.497 e. The Balaban J connectivity index is 1.78. The van der Waals surface area contributed by atoms with Crippen molar-refractivity contribution in [2.24, 2.45) is 11.8 Å². The lowest BCUT2D eigenvalue weighted by atomic mass is 9.81. The quantitative estimate of drug-likeness (QED) is 0.864. The molecule has 0 radical (unpaired) electrons. The Morgan fingerprint density at radius 2 is 2.23 bits per heavy atom. The third kappa shape index (κ3) is 5.36.